The van der Waals surface area contributed by atoms with Crippen LogP contribution in [0.15, 0.2) is 500 Å². The third-order valence-electron chi connectivity index (χ3n) is 29.6. The van der Waals surface area contributed by atoms with Crippen molar-refractivity contribution in [1.29, 1.82) is 0 Å². The zero-order valence-corrected chi connectivity index (χ0v) is 89.5. The summed E-state index contributed by atoms with van der Waals surface area (Å²) in [5, 5.41) is 0. The first-order valence-corrected chi connectivity index (χ1v) is 53.6. The zero-order valence-electron chi connectivity index (χ0n) is 80.0. The summed E-state index contributed by atoms with van der Waals surface area (Å²) in [6.45, 7) is 9.31. The number of fused-ring (bicyclic) bond motifs is 12. The summed E-state index contributed by atoms with van der Waals surface area (Å²) in [5.41, 5.74) is 46.6. The number of halogens is 6. The van der Waals surface area contributed by atoms with Crippen LogP contribution >= 0.6 is 95.6 Å². The monoisotopic (exact) mass is 2260 g/mol. The molecule has 0 fully saturated rings. The number of benzene rings is 16. The van der Waals surface area contributed by atoms with Crippen LogP contribution < -0.4 is 0 Å². The maximum atomic E-state index is 5.59. The second-order valence-electron chi connectivity index (χ2n) is 38.6. The van der Waals surface area contributed by atoms with Crippen LogP contribution in [0.1, 0.15) is 94.5 Å². The van der Waals surface area contributed by atoms with Crippen LogP contribution in [-0.4, -0.2) is 29.9 Å². The summed E-state index contributed by atoms with van der Waals surface area (Å²) in [4.78, 5) is 30.0. The van der Waals surface area contributed by atoms with Crippen molar-refractivity contribution in [3.8, 4) is 168 Å². The van der Waals surface area contributed by atoms with Gasteiger partial charge >= 0.3 is 0 Å². The molecule has 698 valence electrons. The van der Waals surface area contributed by atoms with Crippen LogP contribution in [0.3, 0.4) is 0 Å². The first-order valence-electron chi connectivity index (χ1n) is 48.9. The van der Waals surface area contributed by atoms with E-state index in [0.717, 1.165) is 123 Å². The van der Waals surface area contributed by atoms with Crippen molar-refractivity contribution >= 4 is 95.6 Å². The summed E-state index contributed by atoms with van der Waals surface area (Å²) in [7, 11) is 0. The normalized spacial score (nSPS) is 13.4. The Bertz CT molecular complexity index is 8720. The Balaban J connectivity index is 0.000000123. The third kappa shape index (κ3) is 16.8. The molecule has 22 aromatic rings. The topological polar surface area (TPSA) is 77.3 Å². The molecule has 0 atom stereocenters. The molecule has 6 nitrogen and oxygen atoms in total. The molecule has 4 aliphatic rings. The highest BCUT2D eigenvalue weighted by atomic mass is 79.9. The maximum Gasteiger partial charge on any atom is 0.0894 e. The van der Waals surface area contributed by atoms with Gasteiger partial charge in [0.1, 0.15) is 0 Å². The van der Waals surface area contributed by atoms with E-state index in [1.165, 1.54) is 139 Å². The lowest BCUT2D eigenvalue weighted by Gasteiger charge is -2.34. The Kier molecular flexibility index (Phi) is 24.8. The van der Waals surface area contributed by atoms with Crippen molar-refractivity contribution in [3.05, 3.63) is 567 Å². The Morgan fingerprint density at radius 2 is 0.370 bits per heavy atom. The number of pyridine rings is 6. The smallest absolute Gasteiger partial charge is 0.0894 e. The van der Waals surface area contributed by atoms with Crippen LogP contribution in [-0.2, 0) is 21.7 Å². The number of hydrogen-bond acceptors (Lipinski definition) is 6. The fourth-order valence-corrected chi connectivity index (χ4v) is 24.6. The van der Waals surface area contributed by atoms with E-state index in [9.17, 15) is 0 Å². The lowest BCUT2D eigenvalue weighted by Crippen LogP contribution is -2.28. The number of rotatable bonds is 15. The van der Waals surface area contributed by atoms with Gasteiger partial charge in [0, 0.05) is 89.6 Å². The van der Waals surface area contributed by atoms with Crippen molar-refractivity contribution in [2.75, 3.05) is 0 Å². The summed E-state index contributed by atoms with van der Waals surface area (Å²) in [6, 6.07) is 164. The van der Waals surface area contributed by atoms with Gasteiger partial charge in [0.15, 0.2) is 0 Å². The second kappa shape index (κ2) is 38.7. The zero-order chi connectivity index (χ0) is 99.1. The number of aromatic nitrogens is 6. The molecule has 0 unspecified atom stereocenters. The van der Waals surface area contributed by atoms with E-state index in [1.54, 1.807) is 6.20 Å². The van der Waals surface area contributed by atoms with Gasteiger partial charge in [-0.2, -0.15) is 0 Å². The molecular weight excluding hydrogens is 2170 g/mol. The highest BCUT2D eigenvalue weighted by Crippen LogP contribution is 2.62. The predicted octanol–water partition coefficient (Wildman–Crippen LogP) is 37.7. The van der Waals surface area contributed by atoms with E-state index in [0.29, 0.717) is 0 Å². The van der Waals surface area contributed by atoms with Gasteiger partial charge < -0.3 is 0 Å². The van der Waals surface area contributed by atoms with Gasteiger partial charge in [-0.3, -0.25) is 15.0 Å². The predicted molar refractivity (Wildman–Crippen MR) is 622 cm³/mol. The van der Waals surface area contributed by atoms with Gasteiger partial charge in [-0.05, 0) is 320 Å². The molecule has 26 rings (SSSR count). The van der Waals surface area contributed by atoms with Crippen molar-refractivity contribution < 1.29 is 0 Å². The van der Waals surface area contributed by atoms with Gasteiger partial charge in [0.05, 0.1) is 62.1 Å². The van der Waals surface area contributed by atoms with Crippen molar-refractivity contribution in [2.45, 2.75) is 49.4 Å². The van der Waals surface area contributed by atoms with Crippen LogP contribution in [0.2, 0.25) is 0 Å². The van der Waals surface area contributed by atoms with Gasteiger partial charge in [0.25, 0.3) is 0 Å². The molecule has 6 heterocycles. The molecule has 0 saturated carbocycles. The van der Waals surface area contributed by atoms with Crippen LogP contribution in [0, 0.1) is 0 Å². The van der Waals surface area contributed by atoms with E-state index in [-0.39, 0.29) is 10.8 Å². The fourth-order valence-electron chi connectivity index (χ4n) is 22.6. The summed E-state index contributed by atoms with van der Waals surface area (Å²) in [5.74, 6) is 0. The molecule has 12 heteroatoms. The summed E-state index contributed by atoms with van der Waals surface area (Å²) < 4.78 is 6.48. The molecule has 0 radical (unpaired) electrons. The van der Waals surface area contributed by atoms with Gasteiger partial charge in [-0.25, -0.2) is 15.0 Å². The Hall–Kier alpha value is -14.7. The van der Waals surface area contributed by atoms with Gasteiger partial charge in [-0.15, -0.1) is 0 Å². The molecule has 0 aliphatic heterocycles. The Morgan fingerprint density at radius 3 is 0.692 bits per heavy atom. The molecule has 146 heavy (non-hydrogen) atoms. The molecule has 4 aliphatic carbocycles. The second-order valence-corrected chi connectivity index (χ2v) is 44.1. The van der Waals surface area contributed by atoms with Crippen molar-refractivity contribution in [1.82, 2.24) is 29.9 Å². The van der Waals surface area contributed by atoms with Gasteiger partial charge in [0.2, 0.25) is 0 Å². The number of nitrogens with zero attached hydrogens (tertiary/aromatic N) is 6. The SMILES string of the molecule is Brc1ccc(-c2ccc(-c3ccc(-c4ccccn4)nc3-c3ccc(-c4ccc(Br)cc4)cc3)cc2)cc1.Brc1ccc2c(c1)C(c1ccccc1)(c1ccccc1)c1cc(-c3ccc(-c4ccccn4)nc3-c3ccc4c(c3)C(c3ccccc3)(c3ccccc3)c3cc(Br)ccc3-4)ccc1-2.CC1(C)c2cc(Br)ccc2-c2ccc(-c3ccc(-c4ccccn4)nc3-c3ccc4c(c3)C(C)(C)c3cc(Br)ccc3-4)cc21. The van der Waals surface area contributed by atoms with E-state index in [1.807, 2.05) is 67.0 Å². The van der Waals surface area contributed by atoms with E-state index in [2.05, 4.69) is 534 Å². The van der Waals surface area contributed by atoms with E-state index in [4.69, 9.17) is 19.9 Å². The van der Waals surface area contributed by atoms with Gasteiger partial charge in [-0.1, -0.05) is 408 Å². The Labute approximate surface area is 901 Å². The lowest BCUT2D eigenvalue weighted by atomic mass is 9.67. The maximum absolute atomic E-state index is 5.59. The molecule has 0 spiro atoms. The lowest BCUT2D eigenvalue weighted by molar-refractivity contribution is 0.660. The quantitative estimate of drug-likeness (QED) is 0.102. The summed E-state index contributed by atoms with van der Waals surface area (Å²) >= 11 is 22.2. The average Bonchev–Trinajstić information content (AvgIpc) is 1.53. The Morgan fingerprint density at radius 1 is 0.158 bits per heavy atom. The highest BCUT2D eigenvalue weighted by molar-refractivity contribution is 9.11. The molecule has 6 aromatic heterocycles. The third-order valence-corrected chi connectivity index (χ3v) is 32.7. The molecule has 0 bridgehead atoms. The first kappa shape index (κ1) is 93.6. The minimum atomic E-state index is -0.579. The molecule has 0 amide bonds. The first-order chi connectivity index (χ1) is 71.3. The minimum absolute atomic E-state index is 0.108. The van der Waals surface area contributed by atoms with Crippen LogP contribution in [0.25, 0.3) is 168 Å². The van der Waals surface area contributed by atoms with E-state index >= 15 is 0 Å². The minimum Gasteiger partial charge on any atom is -0.255 e. The average molecular weight is 2260 g/mol. The van der Waals surface area contributed by atoms with E-state index < -0.39 is 10.8 Å². The van der Waals surface area contributed by atoms with Crippen molar-refractivity contribution in [3.63, 3.8) is 0 Å². The number of hydrogen-bond donors (Lipinski definition) is 0. The standard InChI is InChI=1S/C60H38Br2N2.C40H30Br2N2.C34H22Br2N2/c61-45-26-30-50-48-28-24-39(35-52(48)59(54(50)37-45,41-15-5-1-6-16-41)42-17-7-2-8-18-42)47-32-33-57(56-23-13-14-34-63-56)64-58(47)40-25-29-49-51-31-27-46(62)38-55(51)60(53(49)36-40,43-19-9-3-10-20-43)44-21-11-4-12-22-44;1-39(2)32-19-23(8-12-28(32)30-14-10-25(41)21-34(30)39)27-16-17-37(36-7-5-6-18-43-36)44-38(27)24-9-13-29-31-15-11-26(42)22-35(31)40(3,4)33(29)20-24;35-29-16-12-25(13-17-29)23-4-8-27(9-5-23)31-20-21-33(32-3-1-2-22-37-32)38-34(31)28-10-6-24(7-11-28)26-14-18-30(36)19-15-26/h1-38H;5-22H,1-4H3;1-22H. The molecule has 16 aromatic carbocycles. The van der Waals surface area contributed by atoms with Crippen molar-refractivity contribution in [2.24, 2.45) is 0 Å². The fraction of sp³-hybridized carbons (Fsp3) is 0.0597. The molecule has 0 N–H and O–H groups in total. The van der Waals surface area contributed by atoms with Crippen LogP contribution in [0.4, 0.5) is 0 Å². The summed E-state index contributed by atoms with van der Waals surface area (Å²) in [6.07, 6.45) is 5.47. The molecule has 0 saturated heterocycles. The van der Waals surface area contributed by atoms with Crippen LogP contribution in [0.5, 0.6) is 0 Å². The molecular formula is C134H90Br6N6. The highest BCUT2D eigenvalue weighted by Gasteiger charge is 2.49. The largest absolute Gasteiger partial charge is 0.255 e.